The number of aromatic nitrogens is 2. The highest BCUT2D eigenvalue weighted by Crippen LogP contribution is 2.17. The van der Waals surface area contributed by atoms with Crippen molar-refractivity contribution < 1.29 is 4.73 Å². The first-order chi connectivity index (χ1) is 5.57. The fourth-order valence-corrected chi connectivity index (χ4v) is 0.732. The molecule has 7 nitrogen and oxygen atoms in total. The van der Waals surface area contributed by atoms with E-state index in [2.05, 4.69) is 10.3 Å². The highest BCUT2D eigenvalue weighted by molar-refractivity contribution is 5.69. The Morgan fingerprint density at radius 3 is 2.50 bits per heavy atom. The highest BCUT2D eigenvalue weighted by atomic mass is 16.5. The Kier molecular flexibility index (Phi) is 1.78. The molecule has 7 N–H and O–H groups in total. The van der Waals surface area contributed by atoms with Crippen molar-refractivity contribution in [2.45, 2.75) is 0 Å². The Morgan fingerprint density at radius 2 is 2.00 bits per heavy atom. The third-order valence-corrected chi connectivity index (χ3v) is 1.41. The quantitative estimate of drug-likeness (QED) is 0.300. The van der Waals surface area contributed by atoms with Gasteiger partial charge in [0.15, 0.2) is 5.69 Å². The number of nitrogen functional groups attached to an aromatic ring is 3. The molecule has 66 valence electrons. The monoisotopic (exact) mass is 170 g/mol. The van der Waals surface area contributed by atoms with Gasteiger partial charge >= 0.3 is 5.95 Å². The van der Waals surface area contributed by atoms with Gasteiger partial charge < -0.3 is 22.4 Å². The standard InChI is InChI=1S/C5H10N6O/c1-9-5-10-3(7)2(6)4(8)11(5)12/h6,8H2,1H3,(H3,7,9,10). The summed E-state index contributed by atoms with van der Waals surface area (Å²) in [5.74, 6) is -0.0741. The zero-order valence-corrected chi connectivity index (χ0v) is 6.53. The first-order valence-electron chi connectivity index (χ1n) is 3.19. The van der Waals surface area contributed by atoms with E-state index in [-0.39, 0.29) is 23.3 Å². The van der Waals surface area contributed by atoms with E-state index >= 15 is 0 Å². The highest BCUT2D eigenvalue weighted by Gasteiger charge is 2.12. The molecule has 0 radical (unpaired) electrons. The Morgan fingerprint density at radius 1 is 1.42 bits per heavy atom. The number of nitrogens with zero attached hydrogens (tertiary/aromatic N) is 2. The summed E-state index contributed by atoms with van der Waals surface area (Å²) in [4.78, 5) is 3.66. The van der Waals surface area contributed by atoms with Crippen molar-refractivity contribution in [2.75, 3.05) is 29.6 Å². The van der Waals surface area contributed by atoms with Crippen LogP contribution in [0.1, 0.15) is 0 Å². The molecule has 0 amide bonds. The van der Waals surface area contributed by atoms with E-state index in [9.17, 15) is 5.21 Å². The van der Waals surface area contributed by atoms with Crippen LogP contribution in [0.4, 0.5) is 23.3 Å². The third kappa shape index (κ3) is 1.00. The average molecular weight is 170 g/mol. The van der Waals surface area contributed by atoms with Crippen LogP contribution in [0.15, 0.2) is 0 Å². The number of nitrogens with two attached hydrogens (primary N) is 3. The Hall–Kier alpha value is -1.92. The number of nitrogens with one attached hydrogen (secondary N) is 1. The van der Waals surface area contributed by atoms with Crippen molar-refractivity contribution >= 4 is 23.3 Å². The lowest BCUT2D eigenvalue weighted by atomic mass is 10.4. The van der Waals surface area contributed by atoms with E-state index in [4.69, 9.17) is 17.2 Å². The largest absolute Gasteiger partial charge is 0.754 e. The van der Waals surface area contributed by atoms with Gasteiger partial charge in [-0.2, -0.15) is 0 Å². The van der Waals surface area contributed by atoms with Gasteiger partial charge in [-0.25, -0.2) is 4.73 Å². The van der Waals surface area contributed by atoms with Gasteiger partial charge in [-0.15, -0.1) is 0 Å². The lowest BCUT2D eigenvalue weighted by Gasteiger charge is -2.12. The summed E-state index contributed by atoms with van der Waals surface area (Å²) in [5, 5.41) is 13.6. The molecule has 1 heterocycles. The molecule has 1 aromatic rings. The number of hydrogen-bond acceptors (Lipinski definition) is 6. The molecule has 0 aliphatic rings. The fourth-order valence-electron chi connectivity index (χ4n) is 0.732. The summed E-state index contributed by atoms with van der Waals surface area (Å²) in [6.07, 6.45) is 0. The second-order valence-electron chi connectivity index (χ2n) is 2.16. The number of anilines is 4. The van der Waals surface area contributed by atoms with Crippen LogP contribution in [0.3, 0.4) is 0 Å². The van der Waals surface area contributed by atoms with Crippen molar-refractivity contribution in [1.82, 2.24) is 4.98 Å². The van der Waals surface area contributed by atoms with Crippen LogP contribution in [0.2, 0.25) is 0 Å². The van der Waals surface area contributed by atoms with E-state index in [0.29, 0.717) is 4.73 Å². The van der Waals surface area contributed by atoms with Gasteiger partial charge in [-0.1, -0.05) is 4.98 Å². The van der Waals surface area contributed by atoms with Gasteiger partial charge in [-0.05, 0) is 0 Å². The lowest BCUT2D eigenvalue weighted by molar-refractivity contribution is -0.576. The lowest BCUT2D eigenvalue weighted by Crippen LogP contribution is -2.36. The summed E-state index contributed by atoms with van der Waals surface area (Å²) in [6.45, 7) is 0. The normalized spacial score (nSPS) is 9.75. The maximum absolute atomic E-state index is 11.1. The summed E-state index contributed by atoms with van der Waals surface area (Å²) in [5.41, 5.74) is 16.0. The van der Waals surface area contributed by atoms with E-state index in [1.807, 2.05) is 0 Å². The van der Waals surface area contributed by atoms with Gasteiger partial charge in [0, 0.05) is 7.05 Å². The van der Waals surface area contributed by atoms with Crippen LogP contribution in [-0.4, -0.2) is 12.0 Å². The van der Waals surface area contributed by atoms with Gasteiger partial charge in [0.25, 0.3) is 0 Å². The average Bonchev–Trinajstić information content (AvgIpc) is 2.08. The molecule has 0 bridgehead atoms. The van der Waals surface area contributed by atoms with Gasteiger partial charge in [-0.3, -0.25) is 5.32 Å². The van der Waals surface area contributed by atoms with Gasteiger partial charge in [0.1, 0.15) is 0 Å². The Labute approximate surface area is 68.8 Å². The van der Waals surface area contributed by atoms with Crippen molar-refractivity contribution in [3.63, 3.8) is 0 Å². The molecule has 0 fully saturated rings. The van der Waals surface area contributed by atoms with E-state index in [1.165, 1.54) is 7.05 Å². The molecule has 12 heavy (non-hydrogen) atoms. The topological polar surface area (TPSA) is 130 Å². The van der Waals surface area contributed by atoms with Crippen molar-refractivity contribution in [3.8, 4) is 0 Å². The van der Waals surface area contributed by atoms with Crippen LogP contribution in [-0.2, 0) is 0 Å². The molecule has 0 aliphatic carbocycles. The fraction of sp³-hybridized carbons (Fsp3) is 0.200. The molecule has 0 spiro atoms. The maximum Gasteiger partial charge on any atom is 0.348 e. The molecule has 0 atom stereocenters. The summed E-state index contributed by atoms with van der Waals surface area (Å²) in [6, 6.07) is 0. The Bertz CT molecular complexity index is 311. The number of hydrogen-bond donors (Lipinski definition) is 4. The molecule has 0 saturated heterocycles. The minimum absolute atomic E-state index is 0.00370. The summed E-state index contributed by atoms with van der Waals surface area (Å²) in [7, 11) is 1.53. The second kappa shape index (κ2) is 2.61. The minimum atomic E-state index is -0.146. The maximum atomic E-state index is 11.1. The SMILES string of the molecule is CNc1nc(N)c(N)c(N)[n+]1[O-]. The predicted octanol–water partition coefficient (Wildman–Crippen LogP) is -1.50. The minimum Gasteiger partial charge on any atom is -0.754 e. The molecular formula is C5H10N6O. The van der Waals surface area contributed by atoms with E-state index in [1.54, 1.807) is 0 Å². The van der Waals surface area contributed by atoms with Crippen LogP contribution < -0.4 is 27.2 Å². The molecule has 0 aliphatic heterocycles. The zero-order chi connectivity index (χ0) is 9.30. The van der Waals surface area contributed by atoms with Gasteiger partial charge in [0.05, 0.1) is 0 Å². The van der Waals surface area contributed by atoms with Crippen LogP contribution in [0, 0.1) is 5.21 Å². The summed E-state index contributed by atoms with van der Waals surface area (Å²) < 4.78 is 0.381. The predicted molar refractivity (Wildman–Crippen MR) is 46.0 cm³/mol. The van der Waals surface area contributed by atoms with Crippen LogP contribution in [0.5, 0.6) is 0 Å². The van der Waals surface area contributed by atoms with Crippen LogP contribution >= 0.6 is 0 Å². The smallest absolute Gasteiger partial charge is 0.348 e. The molecule has 1 aromatic heterocycles. The van der Waals surface area contributed by atoms with E-state index < -0.39 is 0 Å². The molecule has 7 heteroatoms. The van der Waals surface area contributed by atoms with E-state index in [0.717, 1.165) is 0 Å². The first-order valence-corrected chi connectivity index (χ1v) is 3.19. The van der Waals surface area contributed by atoms with Crippen LogP contribution in [0.25, 0.3) is 0 Å². The molecule has 1 rings (SSSR count). The second-order valence-corrected chi connectivity index (χ2v) is 2.16. The first kappa shape index (κ1) is 8.18. The van der Waals surface area contributed by atoms with Crippen molar-refractivity contribution in [2.24, 2.45) is 0 Å². The third-order valence-electron chi connectivity index (χ3n) is 1.41. The molecule has 0 aromatic carbocycles. The van der Waals surface area contributed by atoms with Crippen molar-refractivity contribution in [3.05, 3.63) is 5.21 Å². The van der Waals surface area contributed by atoms with Gasteiger partial charge in [0.2, 0.25) is 11.6 Å². The Balaban J connectivity index is 3.39. The molecular weight excluding hydrogens is 160 g/mol. The number of rotatable bonds is 1. The zero-order valence-electron chi connectivity index (χ0n) is 6.53. The molecule has 0 unspecified atom stereocenters. The van der Waals surface area contributed by atoms with Crippen molar-refractivity contribution in [1.29, 1.82) is 0 Å². The molecule has 0 saturated carbocycles. The summed E-state index contributed by atoms with van der Waals surface area (Å²) >= 11 is 0.